The molecule has 1 saturated heterocycles. The average molecular weight is 234 g/mol. The van der Waals surface area contributed by atoms with Crippen LogP contribution in [0.2, 0.25) is 0 Å². The summed E-state index contributed by atoms with van der Waals surface area (Å²) in [5.74, 6) is 0. The third-order valence-electron chi connectivity index (χ3n) is 3.11. The lowest BCUT2D eigenvalue weighted by molar-refractivity contribution is 0.0248. The lowest BCUT2D eigenvalue weighted by atomic mass is 10.2. The molecule has 17 heavy (non-hydrogen) atoms. The smallest absolute Gasteiger partial charge is 0.0877 e. The third-order valence-corrected chi connectivity index (χ3v) is 3.11. The molecular weight excluding hydrogens is 212 g/mol. The van der Waals surface area contributed by atoms with E-state index in [2.05, 4.69) is 55.1 Å². The van der Waals surface area contributed by atoms with Crippen LogP contribution in [0.15, 0.2) is 24.3 Å². The second-order valence-electron chi connectivity index (χ2n) is 5.04. The molecule has 1 atom stereocenters. The molecule has 0 radical (unpaired) electrons. The van der Waals surface area contributed by atoms with Crippen LogP contribution in [0.5, 0.6) is 0 Å². The Morgan fingerprint density at radius 3 is 2.65 bits per heavy atom. The van der Waals surface area contributed by atoms with Gasteiger partial charge in [0, 0.05) is 25.3 Å². The summed E-state index contributed by atoms with van der Waals surface area (Å²) in [4.78, 5) is 4.60. The van der Waals surface area contributed by atoms with E-state index in [1.54, 1.807) is 0 Å². The molecule has 1 unspecified atom stereocenters. The third kappa shape index (κ3) is 3.45. The van der Waals surface area contributed by atoms with Crippen LogP contribution in [0.1, 0.15) is 5.56 Å². The van der Waals surface area contributed by atoms with E-state index < -0.39 is 0 Å². The molecule has 0 amide bonds. The van der Waals surface area contributed by atoms with Crippen LogP contribution in [0.4, 0.5) is 5.69 Å². The van der Waals surface area contributed by atoms with Gasteiger partial charge in [0.1, 0.15) is 0 Å². The molecule has 0 aromatic heterocycles. The molecule has 0 N–H and O–H groups in total. The molecule has 1 heterocycles. The van der Waals surface area contributed by atoms with Gasteiger partial charge >= 0.3 is 0 Å². The molecule has 3 heteroatoms. The van der Waals surface area contributed by atoms with E-state index in [1.807, 2.05) is 0 Å². The van der Waals surface area contributed by atoms with Crippen molar-refractivity contribution in [3.05, 3.63) is 29.8 Å². The maximum absolute atomic E-state index is 5.78. The van der Waals surface area contributed by atoms with Crippen LogP contribution >= 0.6 is 0 Å². The van der Waals surface area contributed by atoms with Crippen molar-refractivity contribution < 1.29 is 4.74 Å². The number of nitrogens with zero attached hydrogens (tertiary/aromatic N) is 2. The first kappa shape index (κ1) is 12.4. The van der Waals surface area contributed by atoms with E-state index in [0.717, 1.165) is 26.2 Å². The molecule has 2 rings (SSSR count). The van der Waals surface area contributed by atoms with E-state index in [4.69, 9.17) is 4.74 Å². The van der Waals surface area contributed by atoms with E-state index in [-0.39, 0.29) is 0 Å². The van der Waals surface area contributed by atoms with Crippen LogP contribution in [0.25, 0.3) is 0 Å². The highest BCUT2D eigenvalue weighted by molar-refractivity contribution is 5.47. The summed E-state index contributed by atoms with van der Waals surface area (Å²) in [5.41, 5.74) is 2.62. The Balaban J connectivity index is 1.99. The number of anilines is 1. The van der Waals surface area contributed by atoms with Gasteiger partial charge < -0.3 is 14.5 Å². The molecule has 3 nitrogen and oxygen atoms in total. The van der Waals surface area contributed by atoms with Crippen LogP contribution in [0.3, 0.4) is 0 Å². The highest BCUT2D eigenvalue weighted by atomic mass is 16.5. The van der Waals surface area contributed by atoms with Gasteiger partial charge in [0.2, 0.25) is 0 Å². The van der Waals surface area contributed by atoms with Crippen LogP contribution in [-0.2, 0) is 4.74 Å². The Hall–Kier alpha value is -1.06. The minimum atomic E-state index is 0.319. The molecule has 0 spiro atoms. The summed E-state index contributed by atoms with van der Waals surface area (Å²) in [6.45, 7) is 5.92. The lowest BCUT2D eigenvalue weighted by Crippen LogP contribution is -2.46. The van der Waals surface area contributed by atoms with Gasteiger partial charge in [-0.25, -0.2) is 0 Å². The minimum absolute atomic E-state index is 0.319. The van der Waals surface area contributed by atoms with Gasteiger partial charge in [-0.1, -0.05) is 17.7 Å². The van der Waals surface area contributed by atoms with Crippen molar-refractivity contribution in [3.8, 4) is 0 Å². The zero-order valence-electron chi connectivity index (χ0n) is 11.0. The fourth-order valence-electron chi connectivity index (χ4n) is 2.23. The normalized spacial score (nSPS) is 20.9. The average Bonchev–Trinajstić information content (AvgIpc) is 2.29. The molecule has 0 saturated carbocycles. The van der Waals surface area contributed by atoms with Gasteiger partial charge in [0.15, 0.2) is 0 Å². The highest BCUT2D eigenvalue weighted by Gasteiger charge is 2.20. The first-order valence-corrected chi connectivity index (χ1v) is 6.23. The molecule has 0 aliphatic carbocycles. The minimum Gasteiger partial charge on any atom is -0.373 e. The quantitative estimate of drug-likeness (QED) is 0.792. The van der Waals surface area contributed by atoms with Crippen molar-refractivity contribution in [1.29, 1.82) is 0 Å². The van der Waals surface area contributed by atoms with Crippen molar-refractivity contribution in [3.63, 3.8) is 0 Å². The number of hydrogen-bond donors (Lipinski definition) is 0. The van der Waals surface area contributed by atoms with Crippen LogP contribution < -0.4 is 4.90 Å². The van der Waals surface area contributed by atoms with E-state index in [9.17, 15) is 0 Å². The maximum atomic E-state index is 5.78. The van der Waals surface area contributed by atoms with Gasteiger partial charge in [0.05, 0.1) is 12.7 Å². The number of rotatable bonds is 3. The van der Waals surface area contributed by atoms with E-state index in [0.29, 0.717) is 6.10 Å². The Morgan fingerprint density at radius 2 is 2.00 bits per heavy atom. The van der Waals surface area contributed by atoms with Crippen LogP contribution in [-0.4, -0.2) is 51.3 Å². The number of hydrogen-bond acceptors (Lipinski definition) is 3. The van der Waals surface area contributed by atoms with Crippen molar-refractivity contribution in [2.24, 2.45) is 0 Å². The van der Waals surface area contributed by atoms with Gasteiger partial charge in [0.25, 0.3) is 0 Å². The second kappa shape index (κ2) is 5.52. The van der Waals surface area contributed by atoms with Gasteiger partial charge in [-0.3, -0.25) is 0 Å². The number of ether oxygens (including phenoxy) is 1. The fourth-order valence-corrected chi connectivity index (χ4v) is 2.23. The Labute approximate surface area is 104 Å². The zero-order valence-corrected chi connectivity index (χ0v) is 11.0. The molecule has 1 aliphatic rings. The van der Waals surface area contributed by atoms with Crippen molar-refractivity contribution in [1.82, 2.24) is 4.90 Å². The monoisotopic (exact) mass is 234 g/mol. The predicted molar refractivity (Wildman–Crippen MR) is 71.7 cm³/mol. The molecule has 94 valence electrons. The van der Waals surface area contributed by atoms with Crippen molar-refractivity contribution >= 4 is 5.69 Å². The summed E-state index contributed by atoms with van der Waals surface area (Å²) in [7, 11) is 4.18. The second-order valence-corrected chi connectivity index (χ2v) is 5.04. The maximum Gasteiger partial charge on any atom is 0.0877 e. The number of benzene rings is 1. The van der Waals surface area contributed by atoms with Gasteiger partial charge in [-0.2, -0.15) is 0 Å². The van der Waals surface area contributed by atoms with E-state index in [1.165, 1.54) is 11.3 Å². The molecule has 0 bridgehead atoms. The topological polar surface area (TPSA) is 15.7 Å². The highest BCUT2D eigenvalue weighted by Crippen LogP contribution is 2.18. The summed E-state index contributed by atoms with van der Waals surface area (Å²) < 4.78 is 5.78. The number of morpholine rings is 1. The standard InChI is InChI=1S/C14H22N2O/c1-12-4-6-13(7-5-12)16-8-9-17-14(11-16)10-15(2)3/h4-7,14H,8-11H2,1-3H3. The molecular formula is C14H22N2O. The predicted octanol–water partition coefficient (Wildman–Crippen LogP) is 1.76. The lowest BCUT2D eigenvalue weighted by Gasteiger charge is -2.35. The number of aryl methyl sites for hydroxylation is 1. The largest absolute Gasteiger partial charge is 0.373 e. The summed E-state index contributed by atoms with van der Waals surface area (Å²) >= 11 is 0. The van der Waals surface area contributed by atoms with Gasteiger partial charge in [-0.05, 0) is 33.2 Å². The summed E-state index contributed by atoms with van der Waals surface area (Å²) in [6, 6.07) is 8.75. The summed E-state index contributed by atoms with van der Waals surface area (Å²) in [5, 5.41) is 0. The summed E-state index contributed by atoms with van der Waals surface area (Å²) in [6.07, 6.45) is 0.319. The molecule has 1 aromatic carbocycles. The van der Waals surface area contributed by atoms with E-state index >= 15 is 0 Å². The Kier molecular flexibility index (Phi) is 4.02. The SMILES string of the molecule is Cc1ccc(N2CCOC(CN(C)C)C2)cc1. The first-order chi connectivity index (χ1) is 8.15. The van der Waals surface area contributed by atoms with Crippen molar-refractivity contribution in [2.45, 2.75) is 13.0 Å². The first-order valence-electron chi connectivity index (χ1n) is 6.23. The zero-order chi connectivity index (χ0) is 12.3. The fraction of sp³-hybridized carbons (Fsp3) is 0.571. The molecule has 1 aromatic rings. The number of likely N-dealkylation sites (N-methyl/N-ethyl adjacent to an activating group) is 1. The Bertz CT molecular complexity index is 348. The molecule has 1 fully saturated rings. The van der Waals surface area contributed by atoms with Crippen LogP contribution in [0, 0.1) is 6.92 Å². The molecule has 1 aliphatic heterocycles. The Morgan fingerprint density at radius 1 is 1.29 bits per heavy atom. The van der Waals surface area contributed by atoms with Gasteiger partial charge in [-0.15, -0.1) is 0 Å². The van der Waals surface area contributed by atoms with Crippen molar-refractivity contribution in [2.75, 3.05) is 45.2 Å².